The van der Waals surface area contributed by atoms with Crippen molar-refractivity contribution in [3.63, 3.8) is 0 Å². The van der Waals surface area contributed by atoms with Gasteiger partial charge in [-0.1, -0.05) is 30.3 Å². The van der Waals surface area contributed by atoms with Gasteiger partial charge in [-0.3, -0.25) is 14.6 Å². The molecule has 2 heterocycles. The van der Waals surface area contributed by atoms with Crippen LogP contribution in [0.25, 0.3) is 0 Å². The van der Waals surface area contributed by atoms with Gasteiger partial charge in [0.2, 0.25) is 12.2 Å². The van der Waals surface area contributed by atoms with Crippen LogP contribution in [0.4, 0.5) is 5.69 Å². The number of hydrogen-bond acceptors (Lipinski definition) is 11. The average Bonchev–Trinajstić information content (AvgIpc) is 2.95. The molecule has 0 unspecified atom stereocenters. The van der Waals surface area contributed by atoms with Crippen LogP contribution in [0.2, 0.25) is 0 Å². The molecule has 6 N–H and O–H groups in total. The van der Waals surface area contributed by atoms with Crippen LogP contribution in [0.1, 0.15) is 11.1 Å². The Labute approximate surface area is 243 Å². The van der Waals surface area contributed by atoms with Crippen molar-refractivity contribution in [2.45, 2.75) is 50.7 Å². The number of nitrogens with one attached hydrogen (secondary N) is 1. The number of rotatable bonds is 11. The van der Waals surface area contributed by atoms with Gasteiger partial charge < -0.3 is 45.1 Å². The Bertz CT molecular complexity index is 1200. The van der Waals surface area contributed by atoms with E-state index in [1.807, 2.05) is 32.0 Å². The molecule has 2 aromatic rings. The summed E-state index contributed by atoms with van der Waals surface area (Å²) in [7, 11) is 0. The number of aliphatic carboxylic acids is 1. The van der Waals surface area contributed by atoms with E-state index in [1.165, 1.54) is 6.07 Å². The number of carboxylic acid groups (broad SMARTS) is 1. The van der Waals surface area contributed by atoms with Crippen LogP contribution < -0.4 is 14.8 Å². The highest BCUT2D eigenvalue weighted by Crippen LogP contribution is 2.31. The largest absolute Gasteiger partial charge is 0.487 e. The van der Waals surface area contributed by atoms with E-state index in [2.05, 4.69) is 15.1 Å². The molecule has 2 aliphatic heterocycles. The predicted molar refractivity (Wildman–Crippen MR) is 150 cm³/mol. The van der Waals surface area contributed by atoms with Crippen molar-refractivity contribution in [3.8, 4) is 11.5 Å². The van der Waals surface area contributed by atoms with Crippen molar-refractivity contribution in [3.05, 3.63) is 53.6 Å². The number of nitrogens with zero attached hydrogens (tertiary/aromatic N) is 2. The molecule has 0 bridgehead atoms. The maximum absolute atomic E-state index is 12.6. The van der Waals surface area contributed by atoms with Gasteiger partial charge in [0, 0.05) is 38.4 Å². The second kappa shape index (κ2) is 14.2. The van der Waals surface area contributed by atoms with Crippen molar-refractivity contribution >= 4 is 17.6 Å². The van der Waals surface area contributed by atoms with E-state index in [0.29, 0.717) is 32.7 Å². The summed E-state index contributed by atoms with van der Waals surface area (Å²) in [5.41, 5.74) is 2.88. The lowest BCUT2D eigenvalue weighted by atomic mass is 9.99. The fraction of sp³-hybridized carbons (Fsp3) is 0.517. The number of aryl methyl sites for hydroxylation is 2. The summed E-state index contributed by atoms with van der Waals surface area (Å²) in [6, 6.07) is 12.2. The van der Waals surface area contributed by atoms with E-state index in [-0.39, 0.29) is 30.6 Å². The molecule has 0 radical (unpaired) electrons. The summed E-state index contributed by atoms with van der Waals surface area (Å²) in [6.07, 6.45) is -9.58. The van der Waals surface area contributed by atoms with Crippen LogP contribution in [0, 0.1) is 13.8 Å². The minimum atomic E-state index is -1.83. The van der Waals surface area contributed by atoms with Crippen molar-refractivity contribution in [2.75, 3.05) is 51.2 Å². The SMILES string of the molecule is Cc1cccc(C)c1NC(=O)CN1CCN(C[C@H](O)COc2ccccc2O[C@@H]2O[C@H](C(=O)O)[C@@H](O)[C@H](O)[C@H]2O)CC1. The van der Waals surface area contributed by atoms with Gasteiger partial charge in [0.05, 0.1) is 6.54 Å². The molecule has 4 rings (SSSR count). The first kappa shape index (κ1) is 31.6. The van der Waals surface area contributed by atoms with E-state index in [4.69, 9.17) is 14.2 Å². The van der Waals surface area contributed by atoms with E-state index in [9.17, 15) is 35.1 Å². The molecule has 0 saturated carbocycles. The number of anilines is 1. The van der Waals surface area contributed by atoms with Crippen LogP contribution in [-0.4, -0.2) is 130 Å². The minimum absolute atomic E-state index is 0.0644. The van der Waals surface area contributed by atoms with Crippen LogP contribution in [-0.2, 0) is 14.3 Å². The number of hydrogen-bond donors (Lipinski definition) is 6. The summed E-state index contributed by atoms with van der Waals surface area (Å²) in [4.78, 5) is 28.1. The Morgan fingerprint density at radius 1 is 0.929 bits per heavy atom. The van der Waals surface area contributed by atoms with Crippen LogP contribution in [0.3, 0.4) is 0 Å². The fourth-order valence-electron chi connectivity index (χ4n) is 5.00. The second-order valence-electron chi connectivity index (χ2n) is 10.7. The van der Waals surface area contributed by atoms with Crippen molar-refractivity contribution in [1.82, 2.24) is 9.80 Å². The monoisotopic (exact) mass is 589 g/mol. The second-order valence-corrected chi connectivity index (χ2v) is 10.7. The number of amides is 1. The third-order valence-electron chi connectivity index (χ3n) is 7.38. The number of carbonyl (C=O) groups excluding carboxylic acids is 1. The van der Waals surface area contributed by atoms with E-state index >= 15 is 0 Å². The molecule has 42 heavy (non-hydrogen) atoms. The molecular formula is C29H39N3O10. The number of carboxylic acids is 1. The van der Waals surface area contributed by atoms with Crippen molar-refractivity contribution in [1.29, 1.82) is 0 Å². The molecule has 13 heteroatoms. The maximum Gasteiger partial charge on any atom is 0.335 e. The van der Waals surface area contributed by atoms with Crippen molar-refractivity contribution < 1.29 is 49.3 Å². The molecule has 0 spiro atoms. The Hall–Kier alpha value is -3.30. The molecule has 2 saturated heterocycles. The van der Waals surface area contributed by atoms with Gasteiger partial charge in [-0.05, 0) is 37.1 Å². The molecule has 2 aliphatic rings. The Balaban J connectivity index is 1.23. The molecular weight excluding hydrogens is 550 g/mol. The Kier molecular flexibility index (Phi) is 10.7. The predicted octanol–water partition coefficient (Wildman–Crippen LogP) is -0.430. The van der Waals surface area contributed by atoms with Gasteiger partial charge in [-0.15, -0.1) is 0 Å². The number of aliphatic hydroxyl groups is 4. The molecule has 0 aliphatic carbocycles. The van der Waals surface area contributed by atoms with Crippen LogP contribution >= 0.6 is 0 Å². The van der Waals surface area contributed by atoms with Crippen LogP contribution in [0.5, 0.6) is 11.5 Å². The highest BCUT2D eigenvalue weighted by molar-refractivity contribution is 5.93. The van der Waals surface area contributed by atoms with Gasteiger partial charge in [0.15, 0.2) is 17.6 Å². The number of β-amino-alcohol motifs (C(OH)–C–C–N with tert-alkyl or cyclic N) is 1. The number of benzene rings is 2. The fourth-order valence-corrected chi connectivity index (χ4v) is 5.00. The summed E-state index contributed by atoms with van der Waals surface area (Å²) in [6.45, 7) is 7.17. The van der Waals surface area contributed by atoms with E-state index in [1.54, 1.807) is 18.2 Å². The normalized spacial score (nSPS) is 25.9. The standard InChI is InChI=1S/C29H39N3O10/c1-17-6-5-7-18(2)23(17)30-22(34)15-32-12-10-31(11-13-32)14-19(33)16-40-20-8-3-4-9-21(20)41-29-26(37)24(35)25(36)27(42-29)28(38)39/h3-9,19,24-27,29,33,35-37H,10-16H2,1-2H3,(H,30,34)(H,38,39)/t19-,24-,25-,26+,27-,29+/m0/s1. The van der Waals surface area contributed by atoms with Gasteiger partial charge in [-0.2, -0.15) is 0 Å². The third-order valence-corrected chi connectivity index (χ3v) is 7.38. The highest BCUT2D eigenvalue weighted by Gasteiger charge is 2.48. The zero-order valence-corrected chi connectivity index (χ0v) is 23.6. The first-order chi connectivity index (χ1) is 20.0. The lowest BCUT2D eigenvalue weighted by Crippen LogP contribution is -2.61. The molecule has 2 aromatic carbocycles. The van der Waals surface area contributed by atoms with Crippen LogP contribution in [0.15, 0.2) is 42.5 Å². The third kappa shape index (κ3) is 7.95. The molecule has 2 fully saturated rings. The maximum atomic E-state index is 12.6. The van der Waals surface area contributed by atoms with Gasteiger partial charge in [-0.25, -0.2) is 4.79 Å². The summed E-state index contributed by atoms with van der Waals surface area (Å²) < 4.78 is 16.5. The molecule has 6 atom stereocenters. The number of aliphatic hydroxyl groups excluding tert-OH is 4. The minimum Gasteiger partial charge on any atom is -0.487 e. The highest BCUT2D eigenvalue weighted by atomic mass is 16.7. The molecule has 0 aromatic heterocycles. The summed E-state index contributed by atoms with van der Waals surface area (Å²) in [5, 5.41) is 53.1. The number of para-hydroxylation sites is 3. The zero-order valence-electron chi connectivity index (χ0n) is 23.6. The van der Waals surface area contributed by atoms with Gasteiger partial charge >= 0.3 is 5.97 Å². The Morgan fingerprint density at radius 3 is 2.19 bits per heavy atom. The lowest BCUT2D eigenvalue weighted by Gasteiger charge is -2.38. The van der Waals surface area contributed by atoms with Gasteiger partial charge in [0.1, 0.15) is 31.0 Å². The number of carbonyl (C=O) groups is 2. The number of ether oxygens (including phenoxy) is 3. The molecule has 13 nitrogen and oxygen atoms in total. The summed E-state index contributed by atoms with van der Waals surface area (Å²) >= 11 is 0. The quantitative estimate of drug-likeness (QED) is 0.199. The average molecular weight is 590 g/mol. The molecule has 230 valence electrons. The first-order valence-corrected chi connectivity index (χ1v) is 13.8. The smallest absolute Gasteiger partial charge is 0.335 e. The van der Waals surface area contributed by atoms with E-state index in [0.717, 1.165) is 16.8 Å². The van der Waals surface area contributed by atoms with Crippen molar-refractivity contribution in [2.24, 2.45) is 0 Å². The number of piperazine rings is 1. The molecule has 1 amide bonds. The van der Waals surface area contributed by atoms with E-state index < -0.39 is 42.8 Å². The Morgan fingerprint density at radius 2 is 1.55 bits per heavy atom. The zero-order chi connectivity index (χ0) is 30.4. The topological polar surface area (TPSA) is 181 Å². The summed E-state index contributed by atoms with van der Waals surface area (Å²) in [5.74, 6) is -1.28. The lowest BCUT2D eigenvalue weighted by molar-refractivity contribution is -0.271. The first-order valence-electron chi connectivity index (χ1n) is 13.8. The van der Waals surface area contributed by atoms with Gasteiger partial charge in [0.25, 0.3) is 0 Å².